The van der Waals surface area contributed by atoms with E-state index >= 15 is 0 Å². The molecule has 0 aromatic heterocycles. The van der Waals surface area contributed by atoms with Crippen LogP contribution in [0.2, 0.25) is 0 Å². The highest BCUT2D eigenvalue weighted by molar-refractivity contribution is 6.09. The number of carbonyl (C=O) groups excluding carboxylic acids is 2. The van der Waals surface area contributed by atoms with Crippen LogP contribution in [0.1, 0.15) is 39.5 Å². The zero-order valence-electron chi connectivity index (χ0n) is 12.1. The molecule has 0 saturated heterocycles. The van der Waals surface area contributed by atoms with E-state index in [-0.39, 0.29) is 17.9 Å². The predicted octanol–water partition coefficient (Wildman–Crippen LogP) is 2.71. The number of rotatable bonds is 4. The average Bonchev–Trinajstić information content (AvgIpc) is 2.92. The van der Waals surface area contributed by atoms with E-state index in [4.69, 9.17) is 0 Å². The summed E-state index contributed by atoms with van der Waals surface area (Å²) in [6.45, 7) is 3.32. The summed E-state index contributed by atoms with van der Waals surface area (Å²) in [5, 5.41) is 5.77. The van der Waals surface area contributed by atoms with Gasteiger partial charge in [0.1, 0.15) is 5.41 Å². The van der Waals surface area contributed by atoms with Crippen molar-refractivity contribution in [3.8, 4) is 0 Å². The van der Waals surface area contributed by atoms with E-state index in [0.717, 1.165) is 25.7 Å². The highest BCUT2D eigenvalue weighted by atomic mass is 16.2. The van der Waals surface area contributed by atoms with Crippen molar-refractivity contribution < 1.29 is 9.59 Å². The van der Waals surface area contributed by atoms with Gasteiger partial charge in [-0.1, -0.05) is 31.0 Å². The molecule has 2 rings (SSSR count). The Morgan fingerprint density at radius 2 is 1.65 bits per heavy atom. The first-order valence-corrected chi connectivity index (χ1v) is 7.17. The highest BCUT2D eigenvalue weighted by Crippen LogP contribution is 2.22. The number of anilines is 1. The first-order valence-electron chi connectivity index (χ1n) is 7.17. The monoisotopic (exact) mass is 274 g/mol. The van der Waals surface area contributed by atoms with Crippen LogP contribution in [0.5, 0.6) is 0 Å². The van der Waals surface area contributed by atoms with Crippen molar-refractivity contribution in [3.05, 3.63) is 30.3 Å². The lowest BCUT2D eigenvalue weighted by Crippen LogP contribution is -2.47. The Hall–Kier alpha value is -1.84. The van der Waals surface area contributed by atoms with Crippen molar-refractivity contribution in [1.82, 2.24) is 5.32 Å². The second kappa shape index (κ2) is 6.07. The van der Waals surface area contributed by atoms with Crippen LogP contribution < -0.4 is 10.6 Å². The number of nitrogens with one attached hydrogen (secondary N) is 2. The standard InChI is InChI=1S/C16H22N2O2/c1-16(2,15(20)18-13-10-6-7-11-13)14(19)17-12-8-4-3-5-9-12/h3-5,8-9,13H,6-7,10-11H2,1-2H3,(H,17,19)(H,18,20). The summed E-state index contributed by atoms with van der Waals surface area (Å²) in [5.41, 5.74) is -0.363. The zero-order chi connectivity index (χ0) is 14.6. The van der Waals surface area contributed by atoms with Gasteiger partial charge in [0.25, 0.3) is 0 Å². The molecule has 0 radical (unpaired) electrons. The third-order valence-corrected chi connectivity index (χ3v) is 3.86. The van der Waals surface area contributed by atoms with Gasteiger partial charge < -0.3 is 10.6 Å². The van der Waals surface area contributed by atoms with Crippen molar-refractivity contribution in [1.29, 1.82) is 0 Å². The summed E-state index contributed by atoms with van der Waals surface area (Å²) in [7, 11) is 0. The molecule has 1 saturated carbocycles. The van der Waals surface area contributed by atoms with Gasteiger partial charge in [0, 0.05) is 11.7 Å². The minimum atomic E-state index is -1.07. The van der Waals surface area contributed by atoms with Gasteiger partial charge >= 0.3 is 0 Å². The van der Waals surface area contributed by atoms with Gasteiger partial charge in [-0.15, -0.1) is 0 Å². The van der Waals surface area contributed by atoms with E-state index in [1.54, 1.807) is 13.8 Å². The maximum absolute atomic E-state index is 12.3. The molecule has 0 heterocycles. The molecule has 1 aliphatic carbocycles. The van der Waals surface area contributed by atoms with Crippen molar-refractivity contribution in [2.45, 2.75) is 45.6 Å². The van der Waals surface area contributed by atoms with Crippen LogP contribution in [0.3, 0.4) is 0 Å². The SMILES string of the molecule is CC(C)(C(=O)Nc1ccccc1)C(=O)NC1CCCC1. The van der Waals surface area contributed by atoms with Crippen molar-refractivity contribution >= 4 is 17.5 Å². The fraction of sp³-hybridized carbons (Fsp3) is 0.500. The molecule has 4 nitrogen and oxygen atoms in total. The van der Waals surface area contributed by atoms with Gasteiger partial charge in [-0.3, -0.25) is 9.59 Å². The molecule has 4 heteroatoms. The van der Waals surface area contributed by atoms with Gasteiger partial charge in [-0.05, 0) is 38.8 Å². The van der Waals surface area contributed by atoms with Crippen LogP contribution in [0.25, 0.3) is 0 Å². The first-order chi connectivity index (χ1) is 9.50. The molecule has 0 unspecified atom stereocenters. The minimum Gasteiger partial charge on any atom is -0.352 e. The number of amides is 2. The predicted molar refractivity (Wildman–Crippen MR) is 79.3 cm³/mol. The molecule has 2 N–H and O–H groups in total. The summed E-state index contributed by atoms with van der Waals surface area (Å²) in [5.74, 6) is -0.475. The highest BCUT2D eigenvalue weighted by Gasteiger charge is 2.37. The fourth-order valence-electron chi connectivity index (χ4n) is 2.35. The Labute approximate surface area is 119 Å². The maximum Gasteiger partial charge on any atom is 0.239 e. The molecule has 0 aliphatic heterocycles. The number of benzene rings is 1. The van der Waals surface area contributed by atoms with Crippen LogP contribution in [-0.2, 0) is 9.59 Å². The number of hydrogen-bond acceptors (Lipinski definition) is 2. The second-order valence-corrected chi connectivity index (χ2v) is 5.90. The van der Waals surface area contributed by atoms with Crippen molar-refractivity contribution in [3.63, 3.8) is 0 Å². The molecule has 108 valence electrons. The molecular formula is C16H22N2O2. The van der Waals surface area contributed by atoms with Crippen molar-refractivity contribution in [2.75, 3.05) is 5.32 Å². The summed E-state index contributed by atoms with van der Waals surface area (Å²) in [4.78, 5) is 24.6. The topological polar surface area (TPSA) is 58.2 Å². The van der Waals surface area contributed by atoms with E-state index in [1.165, 1.54) is 0 Å². The molecule has 0 bridgehead atoms. The lowest BCUT2D eigenvalue weighted by molar-refractivity contribution is -0.138. The maximum atomic E-state index is 12.3. The van der Waals surface area contributed by atoms with Crippen LogP contribution in [-0.4, -0.2) is 17.9 Å². The van der Waals surface area contributed by atoms with Gasteiger partial charge in [-0.25, -0.2) is 0 Å². The summed E-state index contributed by atoms with van der Waals surface area (Å²) < 4.78 is 0. The lowest BCUT2D eigenvalue weighted by Gasteiger charge is -2.25. The third kappa shape index (κ3) is 3.38. The molecule has 1 aromatic carbocycles. The average molecular weight is 274 g/mol. The third-order valence-electron chi connectivity index (χ3n) is 3.86. The van der Waals surface area contributed by atoms with E-state index in [2.05, 4.69) is 10.6 Å². The molecule has 1 aromatic rings. The molecule has 2 amide bonds. The van der Waals surface area contributed by atoms with Crippen LogP contribution in [0.15, 0.2) is 30.3 Å². The smallest absolute Gasteiger partial charge is 0.239 e. The Morgan fingerprint density at radius 1 is 1.05 bits per heavy atom. The van der Waals surface area contributed by atoms with E-state index in [1.807, 2.05) is 30.3 Å². The van der Waals surface area contributed by atoms with E-state index in [0.29, 0.717) is 5.69 Å². The molecule has 20 heavy (non-hydrogen) atoms. The van der Waals surface area contributed by atoms with Crippen LogP contribution in [0, 0.1) is 5.41 Å². The molecule has 0 spiro atoms. The Morgan fingerprint density at radius 3 is 2.25 bits per heavy atom. The second-order valence-electron chi connectivity index (χ2n) is 5.90. The number of para-hydroxylation sites is 1. The van der Waals surface area contributed by atoms with E-state index < -0.39 is 5.41 Å². The minimum absolute atomic E-state index is 0.196. The Bertz CT molecular complexity index is 477. The van der Waals surface area contributed by atoms with Crippen LogP contribution >= 0.6 is 0 Å². The lowest BCUT2D eigenvalue weighted by atomic mass is 9.90. The summed E-state index contributed by atoms with van der Waals surface area (Å²) in [6, 6.07) is 9.42. The first kappa shape index (κ1) is 14.6. The summed E-state index contributed by atoms with van der Waals surface area (Å²) >= 11 is 0. The zero-order valence-corrected chi connectivity index (χ0v) is 12.1. The van der Waals surface area contributed by atoms with Gasteiger partial charge in [0.15, 0.2) is 0 Å². The van der Waals surface area contributed by atoms with Gasteiger partial charge in [0.05, 0.1) is 0 Å². The number of hydrogen-bond donors (Lipinski definition) is 2. The van der Waals surface area contributed by atoms with E-state index in [9.17, 15) is 9.59 Å². The Kier molecular flexibility index (Phi) is 4.42. The molecule has 1 fully saturated rings. The Balaban J connectivity index is 1.97. The van der Waals surface area contributed by atoms with Gasteiger partial charge in [0.2, 0.25) is 11.8 Å². The normalized spacial score (nSPS) is 15.9. The molecule has 0 atom stereocenters. The fourth-order valence-corrected chi connectivity index (χ4v) is 2.35. The molecule has 1 aliphatic rings. The summed E-state index contributed by atoms with van der Waals surface area (Å²) in [6.07, 6.45) is 4.34. The van der Waals surface area contributed by atoms with Gasteiger partial charge in [-0.2, -0.15) is 0 Å². The molecular weight excluding hydrogens is 252 g/mol. The number of carbonyl (C=O) groups is 2. The van der Waals surface area contributed by atoms with Crippen LogP contribution in [0.4, 0.5) is 5.69 Å². The largest absolute Gasteiger partial charge is 0.352 e. The quantitative estimate of drug-likeness (QED) is 0.829. The van der Waals surface area contributed by atoms with Crippen molar-refractivity contribution in [2.24, 2.45) is 5.41 Å².